The van der Waals surface area contributed by atoms with Gasteiger partial charge < -0.3 is 5.32 Å². The molecule has 4 heteroatoms. The summed E-state index contributed by atoms with van der Waals surface area (Å²) >= 11 is 0. The fourth-order valence-electron chi connectivity index (χ4n) is 2.86. The van der Waals surface area contributed by atoms with Crippen LogP contribution in [0.3, 0.4) is 0 Å². The number of anilines is 1. The molecule has 0 unspecified atom stereocenters. The number of aryl methyl sites for hydroxylation is 1. The van der Waals surface area contributed by atoms with Crippen LogP contribution in [0.4, 0.5) is 5.69 Å². The van der Waals surface area contributed by atoms with E-state index in [1.54, 1.807) is 24.5 Å². The van der Waals surface area contributed by atoms with Gasteiger partial charge in [0.2, 0.25) is 0 Å². The van der Waals surface area contributed by atoms with Gasteiger partial charge in [-0.2, -0.15) is 0 Å². The van der Waals surface area contributed by atoms with Crippen LogP contribution in [0.15, 0.2) is 79.1 Å². The molecule has 2 aromatic heterocycles. The molecule has 0 aliphatic carbocycles. The maximum absolute atomic E-state index is 12.6. The molecular formula is C22H17N3O. The first-order chi connectivity index (χ1) is 12.7. The lowest BCUT2D eigenvalue weighted by atomic mass is 10.1. The van der Waals surface area contributed by atoms with Crippen LogP contribution in [0.25, 0.3) is 22.2 Å². The van der Waals surface area contributed by atoms with Gasteiger partial charge in [-0.05, 0) is 59.7 Å². The number of benzene rings is 2. The molecule has 0 atom stereocenters. The minimum absolute atomic E-state index is 0.170. The molecular weight excluding hydrogens is 322 g/mol. The van der Waals surface area contributed by atoms with E-state index in [1.807, 2.05) is 61.5 Å². The number of nitrogens with one attached hydrogen (secondary N) is 1. The zero-order chi connectivity index (χ0) is 17.9. The Morgan fingerprint density at radius 3 is 2.35 bits per heavy atom. The van der Waals surface area contributed by atoms with Crippen molar-refractivity contribution in [3.63, 3.8) is 0 Å². The van der Waals surface area contributed by atoms with E-state index in [9.17, 15) is 4.79 Å². The van der Waals surface area contributed by atoms with Gasteiger partial charge in [0.05, 0.1) is 11.4 Å². The second-order valence-electron chi connectivity index (χ2n) is 6.16. The molecule has 126 valence electrons. The molecule has 0 saturated carbocycles. The Hall–Kier alpha value is -3.53. The van der Waals surface area contributed by atoms with Crippen LogP contribution in [0.1, 0.15) is 15.9 Å². The Bertz CT molecular complexity index is 1100. The molecule has 2 heterocycles. The lowest BCUT2D eigenvalue weighted by Gasteiger charge is -2.08. The predicted octanol–water partition coefficient (Wildman–Crippen LogP) is 4.86. The molecule has 4 nitrogen and oxygen atoms in total. The Labute approximate surface area is 151 Å². The van der Waals surface area contributed by atoms with Crippen molar-refractivity contribution < 1.29 is 4.79 Å². The second kappa shape index (κ2) is 6.76. The predicted molar refractivity (Wildman–Crippen MR) is 104 cm³/mol. The minimum Gasteiger partial charge on any atom is -0.322 e. The zero-order valence-electron chi connectivity index (χ0n) is 14.3. The van der Waals surface area contributed by atoms with Gasteiger partial charge in [-0.1, -0.05) is 30.3 Å². The summed E-state index contributed by atoms with van der Waals surface area (Å²) in [5.74, 6) is -0.170. The van der Waals surface area contributed by atoms with E-state index in [0.717, 1.165) is 27.7 Å². The molecule has 0 bridgehead atoms. The molecule has 0 fully saturated rings. The van der Waals surface area contributed by atoms with Crippen LogP contribution < -0.4 is 5.32 Å². The van der Waals surface area contributed by atoms with Crippen molar-refractivity contribution >= 4 is 22.4 Å². The van der Waals surface area contributed by atoms with Gasteiger partial charge in [-0.25, -0.2) is 0 Å². The minimum atomic E-state index is -0.170. The van der Waals surface area contributed by atoms with Crippen molar-refractivity contribution in [3.05, 3.63) is 90.3 Å². The van der Waals surface area contributed by atoms with E-state index >= 15 is 0 Å². The van der Waals surface area contributed by atoms with Crippen molar-refractivity contribution in [1.29, 1.82) is 0 Å². The maximum atomic E-state index is 12.6. The Morgan fingerprint density at radius 1 is 0.808 bits per heavy atom. The van der Waals surface area contributed by atoms with Gasteiger partial charge in [0.1, 0.15) is 0 Å². The summed E-state index contributed by atoms with van der Waals surface area (Å²) in [6.45, 7) is 2.00. The average molecular weight is 339 g/mol. The van der Waals surface area contributed by atoms with Crippen molar-refractivity contribution in [3.8, 4) is 11.4 Å². The number of amides is 1. The van der Waals surface area contributed by atoms with E-state index in [0.29, 0.717) is 11.3 Å². The first-order valence-corrected chi connectivity index (χ1v) is 8.38. The monoisotopic (exact) mass is 339 g/mol. The van der Waals surface area contributed by atoms with E-state index in [1.165, 1.54) is 0 Å². The van der Waals surface area contributed by atoms with Crippen molar-refractivity contribution in [1.82, 2.24) is 9.97 Å². The van der Waals surface area contributed by atoms with E-state index < -0.39 is 0 Å². The summed E-state index contributed by atoms with van der Waals surface area (Å²) < 4.78 is 0. The third kappa shape index (κ3) is 3.30. The van der Waals surface area contributed by atoms with Gasteiger partial charge >= 0.3 is 0 Å². The number of hydrogen-bond acceptors (Lipinski definition) is 3. The highest BCUT2D eigenvalue weighted by Gasteiger charge is 2.10. The maximum Gasteiger partial charge on any atom is 0.255 e. The summed E-state index contributed by atoms with van der Waals surface area (Å²) in [4.78, 5) is 21.3. The molecule has 4 rings (SSSR count). The topological polar surface area (TPSA) is 54.9 Å². The van der Waals surface area contributed by atoms with Crippen LogP contribution in [0.2, 0.25) is 0 Å². The third-order valence-electron chi connectivity index (χ3n) is 4.21. The van der Waals surface area contributed by atoms with E-state index in [-0.39, 0.29) is 5.91 Å². The molecule has 0 saturated heterocycles. The lowest BCUT2D eigenvalue weighted by molar-refractivity contribution is 0.102. The average Bonchev–Trinajstić information content (AvgIpc) is 2.68. The lowest BCUT2D eigenvalue weighted by Crippen LogP contribution is -2.12. The van der Waals surface area contributed by atoms with Crippen LogP contribution in [0.5, 0.6) is 0 Å². The van der Waals surface area contributed by atoms with E-state index in [4.69, 9.17) is 0 Å². The van der Waals surface area contributed by atoms with Gasteiger partial charge in [0.25, 0.3) is 5.91 Å². The Balaban J connectivity index is 1.60. The first kappa shape index (κ1) is 16.0. The summed E-state index contributed by atoms with van der Waals surface area (Å²) in [7, 11) is 0. The summed E-state index contributed by atoms with van der Waals surface area (Å²) in [6, 6.07) is 21.3. The van der Waals surface area contributed by atoms with Crippen LogP contribution in [-0.4, -0.2) is 15.9 Å². The first-order valence-electron chi connectivity index (χ1n) is 8.38. The quantitative estimate of drug-likeness (QED) is 0.580. The highest BCUT2D eigenvalue weighted by molar-refractivity contribution is 6.05. The van der Waals surface area contributed by atoms with Crippen molar-refractivity contribution in [2.45, 2.75) is 6.92 Å². The molecule has 1 N–H and O–H groups in total. The van der Waals surface area contributed by atoms with Gasteiger partial charge in [0.15, 0.2) is 0 Å². The Kier molecular flexibility index (Phi) is 4.15. The SMILES string of the molecule is Cc1ccnc(-c2cc(C(=O)Nc3ccc4ccccc4c3)ccn2)c1. The normalized spacial score (nSPS) is 10.7. The molecule has 0 spiro atoms. The molecule has 2 aromatic carbocycles. The number of carbonyl (C=O) groups is 1. The van der Waals surface area contributed by atoms with E-state index in [2.05, 4.69) is 15.3 Å². The second-order valence-corrected chi connectivity index (χ2v) is 6.16. The van der Waals surface area contributed by atoms with Gasteiger partial charge in [-0.3, -0.25) is 14.8 Å². The number of nitrogens with zero attached hydrogens (tertiary/aromatic N) is 2. The number of hydrogen-bond donors (Lipinski definition) is 1. The molecule has 26 heavy (non-hydrogen) atoms. The number of aromatic nitrogens is 2. The number of carbonyl (C=O) groups excluding carboxylic acids is 1. The molecule has 0 aliphatic heterocycles. The summed E-state index contributed by atoms with van der Waals surface area (Å²) in [5.41, 5.74) is 3.85. The molecule has 0 aliphatic rings. The highest BCUT2D eigenvalue weighted by atomic mass is 16.1. The van der Waals surface area contributed by atoms with Gasteiger partial charge in [0, 0.05) is 23.6 Å². The number of pyridine rings is 2. The van der Waals surface area contributed by atoms with Crippen molar-refractivity contribution in [2.75, 3.05) is 5.32 Å². The zero-order valence-corrected chi connectivity index (χ0v) is 14.3. The molecule has 1 amide bonds. The van der Waals surface area contributed by atoms with Gasteiger partial charge in [-0.15, -0.1) is 0 Å². The molecule has 0 radical (unpaired) electrons. The highest BCUT2D eigenvalue weighted by Crippen LogP contribution is 2.20. The third-order valence-corrected chi connectivity index (χ3v) is 4.21. The van der Waals surface area contributed by atoms with Crippen LogP contribution in [0, 0.1) is 6.92 Å². The standard InChI is InChI=1S/C22H17N3O/c1-15-8-10-23-20(12-15)21-14-18(9-11-24-21)22(26)25-19-7-6-16-4-2-3-5-17(16)13-19/h2-14H,1H3,(H,25,26). The summed E-state index contributed by atoms with van der Waals surface area (Å²) in [6.07, 6.45) is 3.38. The number of fused-ring (bicyclic) bond motifs is 1. The fourth-order valence-corrected chi connectivity index (χ4v) is 2.86. The van der Waals surface area contributed by atoms with Crippen molar-refractivity contribution in [2.24, 2.45) is 0 Å². The fraction of sp³-hybridized carbons (Fsp3) is 0.0455. The molecule has 4 aromatic rings. The number of rotatable bonds is 3. The van der Waals surface area contributed by atoms with Crippen LogP contribution >= 0.6 is 0 Å². The summed E-state index contributed by atoms with van der Waals surface area (Å²) in [5, 5.41) is 5.18. The smallest absolute Gasteiger partial charge is 0.255 e. The van der Waals surface area contributed by atoms with Crippen LogP contribution in [-0.2, 0) is 0 Å². The Morgan fingerprint density at radius 2 is 1.54 bits per heavy atom. The largest absolute Gasteiger partial charge is 0.322 e.